The van der Waals surface area contributed by atoms with Crippen LogP contribution >= 0.6 is 11.6 Å². The number of rotatable bonds is 3. The maximum absolute atomic E-state index is 12.6. The topological polar surface area (TPSA) is 70.6 Å². The molecule has 0 saturated heterocycles. The van der Waals surface area contributed by atoms with Gasteiger partial charge in [0.2, 0.25) is 0 Å². The van der Waals surface area contributed by atoms with Gasteiger partial charge in [0.05, 0.1) is 28.9 Å². The molecule has 1 aliphatic carbocycles. The van der Waals surface area contributed by atoms with E-state index in [1.807, 2.05) is 12.1 Å². The van der Waals surface area contributed by atoms with Gasteiger partial charge >= 0.3 is 0 Å². The zero-order valence-corrected chi connectivity index (χ0v) is 15.3. The number of amides is 1. The number of anilines is 2. The molecule has 6 heteroatoms. The van der Waals surface area contributed by atoms with E-state index in [0.717, 1.165) is 11.3 Å². The van der Waals surface area contributed by atoms with Crippen LogP contribution in [0, 0.1) is 17.8 Å². The molecule has 0 bridgehead atoms. The molecule has 1 saturated carbocycles. The van der Waals surface area contributed by atoms with E-state index in [9.17, 15) is 9.90 Å². The number of carbonyl (C=O) groups is 1. The van der Waals surface area contributed by atoms with Gasteiger partial charge in [-0.3, -0.25) is 4.79 Å². The van der Waals surface area contributed by atoms with E-state index in [2.05, 4.69) is 22.5 Å². The van der Waals surface area contributed by atoms with Crippen molar-refractivity contribution in [1.82, 2.24) is 0 Å². The number of carbonyl (C=O) groups excluding carboxylic acids is 1. The fraction of sp³-hybridized carbons (Fsp3) is 0.286. The van der Waals surface area contributed by atoms with Gasteiger partial charge in [-0.05, 0) is 43.2 Å². The lowest BCUT2D eigenvalue weighted by Gasteiger charge is -2.26. The smallest absolute Gasteiger partial charge is 0.257 e. The Morgan fingerprint density at radius 3 is 2.89 bits per heavy atom. The molecule has 27 heavy (non-hydrogen) atoms. The summed E-state index contributed by atoms with van der Waals surface area (Å²) in [6.45, 7) is 0.369. The SMILES string of the molecule is O=C(Nc1ccc2c(c1)OCC(CO)N2)c1ccc(C#CC2CC2)cc1Cl. The van der Waals surface area contributed by atoms with Gasteiger partial charge in [-0.25, -0.2) is 0 Å². The third-order valence-corrected chi connectivity index (χ3v) is 4.78. The molecule has 1 unspecified atom stereocenters. The van der Waals surface area contributed by atoms with E-state index in [1.165, 1.54) is 12.8 Å². The molecule has 1 fully saturated rings. The summed E-state index contributed by atoms with van der Waals surface area (Å²) < 4.78 is 5.63. The molecule has 0 radical (unpaired) electrons. The van der Waals surface area contributed by atoms with E-state index in [4.69, 9.17) is 16.3 Å². The van der Waals surface area contributed by atoms with Crippen molar-refractivity contribution in [3.63, 3.8) is 0 Å². The van der Waals surface area contributed by atoms with Crippen LogP contribution in [0.1, 0.15) is 28.8 Å². The largest absolute Gasteiger partial charge is 0.489 e. The minimum absolute atomic E-state index is 0.00252. The summed E-state index contributed by atoms with van der Waals surface area (Å²) in [7, 11) is 0. The highest BCUT2D eigenvalue weighted by atomic mass is 35.5. The first-order valence-corrected chi connectivity index (χ1v) is 9.27. The number of aliphatic hydroxyl groups is 1. The van der Waals surface area contributed by atoms with Gasteiger partial charge in [0.15, 0.2) is 0 Å². The van der Waals surface area contributed by atoms with Crippen molar-refractivity contribution in [3.05, 3.63) is 52.5 Å². The Morgan fingerprint density at radius 1 is 1.30 bits per heavy atom. The Kier molecular flexibility index (Phi) is 4.93. The second kappa shape index (κ2) is 7.51. The molecule has 1 amide bonds. The molecule has 5 nitrogen and oxygen atoms in total. The average Bonchev–Trinajstić information content (AvgIpc) is 3.50. The standard InChI is InChI=1S/C21H19ClN2O3/c22-18-9-14(4-3-13-1-2-13)5-7-17(18)21(26)24-15-6-8-19-20(10-15)27-12-16(11-25)23-19/h5-10,13,16,23,25H,1-2,11-12H2,(H,24,26). The van der Waals surface area contributed by atoms with Gasteiger partial charge in [0, 0.05) is 23.2 Å². The summed E-state index contributed by atoms with van der Waals surface area (Å²) in [5.74, 6) is 7.13. The van der Waals surface area contributed by atoms with Crippen LogP contribution in [0.15, 0.2) is 36.4 Å². The normalized spacial score (nSPS) is 17.6. The first kappa shape index (κ1) is 17.7. The summed E-state index contributed by atoms with van der Waals surface area (Å²) in [6, 6.07) is 10.4. The Bertz CT molecular complexity index is 944. The average molecular weight is 383 g/mol. The summed E-state index contributed by atoms with van der Waals surface area (Å²) in [5, 5.41) is 15.6. The predicted molar refractivity (Wildman–Crippen MR) is 105 cm³/mol. The van der Waals surface area contributed by atoms with Crippen LogP contribution in [-0.4, -0.2) is 30.3 Å². The lowest BCUT2D eigenvalue weighted by atomic mass is 10.1. The number of ether oxygens (including phenoxy) is 1. The number of nitrogens with one attached hydrogen (secondary N) is 2. The quantitative estimate of drug-likeness (QED) is 0.710. The van der Waals surface area contributed by atoms with Crippen LogP contribution in [0.25, 0.3) is 0 Å². The molecule has 3 N–H and O–H groups in total. The lowest BCUT2D eigenvalue weighted by Crippen LogP contribution is -2.34. The Balaban J connectivity index is 1.47. The van der Waals surface area contributed by atoms with Crippen LogP contribution in [0.3, 0.4) is 0 Å². The monoisotopic (exact) mass is 382 g/mol. The van der Waals surface area contributed by atoms with Gasteiger partial charge in [-0.1, -0.05) is 23.4 Å². The highest BCUT2D eigenvalue weighted by molar-refractivity contribution is 6.34. The summed E-state index contributed by atoms with van der Waals surface area (Å²) in [6.07, 6.45) is 2.34. The first-order chi connectivity index (χ1) is 13.1. The molecule has 2 aromatic carbocycles. The van der Waals surface area contributed by atoms with Crippen molar-refractivity contribution in [2.75, 3.05) is 23.8 Å². The Labute approximate surface area is 162 Å². The van der Waals surface area contributed by atoms with Crippen molar-refractivity contribution in [2.45, 2.75) is 18.9 Å². The third kappa shape index (κ3) is 4.19. The second-order valence-electron chi connectivity index (χ2n) is 6.74. The van der Waals surface area contributed by atoms with Crippen molar-refractivity contribution in [2.24, 2.45) is 5.92 Å². The maximum Gasteiger partial charge on any atom is 0.257 e. The molecule has 4 rings (SSSR count). The maximum atomic E-state index is 12.6. The fourth-order valence-corrected chi connectivity index (χ4v) is 3.04. The van der Waals surface area contributed by atoms with Crippen LogP contribution < -0.4 is 15.4 Å². The zero-order chi connectivity index (χ0) is 18.8. The lowest BCUT2D eigenvalue weighted by molar-refractivity contribution is 0.102. The van der Waals surface area contributed by atoms with E-state index >= 15 is 0 Å². The number of hydrogen-bond donors (Lipinski definition) is 3. The molecule has 1 heterocycles. The van der Waals surface area contributed by atoms with Crippen LogP contribution in [-0.2, 0) is 0 Å². The fourth-order valence-electron chi connectivity index (χ4n) is 2.78. The van der Waals surface area contributed by atoms with Gasteiger partial charge in [-0.2, -0.15) is 0 Å². The molecular formula is C21H19ClN2O3. The third-order valence-electron chi connectivity index (χ3n) is 4.47. The first-order valence-electron chi connectivity index (χ1n) is 8.89. The van der Waals surface area contributed by atoms with E-state index in [-0.39, 0.29) is 18.6 Å². The van der Waals surface area contributed by atoms with Crippen molar-refractivity contribution in [1.29, 1.82) is 0 Å². The van der Waals surface area contributed by atoms with E-state index in [0.29, 0.717) is 34.5 Å². The van der Waals surface area contributed by atoms with Gasteiger partial charge < -0.3 is 20.5 Å². The molecular weight excluding hydrogens is 364 g/mol. The summed E-state index contributed by atoms with van der Waals surface area (Å²) in [4.78, 5) is 12.6. The molecule has 1 aliphatic heterocycles. The minimum atomic E-state index is -0.293. The zero-order valence-electron chi connectivity index (χ0n) is 14.6. The number of fused-ring (bicyclic) bond motifs is 1. The van der Waals surface area contributed by atoms with E-state index < -0.39 is 0 Å². The highest BCUT2D eigenvalue weighted by Crippen LogP contribution is 2.32. The molecule has 2 aliphatic rings. The van der Waals surface area contributed by atoms with E-state index in [1.54, 1.807) is 24.3 Å². The highest BCUT2D eigenvalue weighted by Gasteiger charge is 2.19. The Hall–Kier alpha value is -2.68. The minimum Gasteiger partial charge on any atom is -0.489 e. The molecule has 1 atom stereocenters. The van der Waals surface area contributed by atoms with Crippen LogP contribution in [0.2, 0.25) is 5.02 Å². The van der Waals surface area contributed by atoms with Crippen molar-refractivity contribution < 1.29 is 14.6 Å². The Morgan fingerprint density at radius 2 is 2.15 bits per heavy atom. The molecule has 2 aromatic rings. The van der Waals surface area contributed by atoms with Gasteiger partial charge in [0.25, 0.3) is 5.91 Å². The van der Waals surface area contributed by atoms with Crippen LogP contribution in [0.5, 0.6) is 5.75 Å². The van der Waals surface area contributed by atoms with Crippen LogP contribution in [0.4, 0.5) is 11.4 Å². The van der Waals surface area contributed by atoms with Gasteiger partial charge in [0.1, 0.15) is 12.4 Å². The molecule has 0 aromatic heterocycles. The summed E-state index contributed by atoms with van der Waals surface area (Å²) >= 11 is 6.28. The molecule has 0 spiro atoms. The van der Waals surface area contributed by atoms with Crippen molar-refractivity contribution in [3.8, 4) is 17.6 Å². The van der Waals surface area contributed by atoms with Gasteiger partial charge in [-0.15, -0.1) is 0 Å². The predicted octanol–water partition coefficient (Wildman–Crippen LogP) is 3.52. The number of hydrogen-bond acceptors (Lipinski definition) is 4. The number of halogens is 1. The summed E-state index contributed by atoms with van der Waals surface area (Å²) in [5.41, 5.74) is 2.60. The molecule has 138 valence electrons. The number of benzene rings is 2. The van der Waals surface area contributed by atoms with Crippen molar-refractivity contribution >= 4 is 28.9 Å². The number of aliphatic hydroxyl groups excluding tert-OH is 1. The second-order valence-corrected chi connectivity index (χ2v) is 7.15.